The van der Waals surface area contributed by atoms with Gasteiger partial charge in [0, 0.05) is 12.0 Å². The van der Waals surface area contributed by atoms with Crippen molar-refractivity contribution in [2.45, 2.75) is 65.4 Å². The molecule has 2 atom stereocenters. The summed E-state index contributed by atoms with van der Waals surface area (Å²) in [7, 11) is -4.78. The first-order chi connectivity index (χ1) is 24.3. The number of rotatable bonds is 17. The number of esters is 1. The van der Waals surface area contributed by atoms with Crippen LogP contribution in [0.15, 0.2) is 103 Å². The minimum atomic E-state index is -4.78. The molecular weight excluding hydrogens is 677 g/mol. The van der Waals surface area contributed by atoms with Crippen molar-refractivity contribution in [3.8, 4) is 23.0 Å². The predicted molar refractivity (Wildman–Crippen MR) is 189 cm³/mol. The van der Waals surface area contributed by atoms with E-state index in [2.05, 4.69) is 5.32 Å². The molecule has 4 rings (SSSR count). The summed E-state index contributed by atoms with van der Waals surface area (Å²) in [4.78, 5) is 47.2. The van der Waals surface area contributed by atoms with Gasteiger partial charge in [-0.3, -0.25) is 19.0 Å². The Hall–Kier alpha value is -5.16. The van der Waals surface area contributed by atoms with Crippen molar-refractivity contribution in [3.05, 3.63) is 120 Å². The summed E-state index contributed by atoms with van der Waals surface area (Å²) < 4.78 is 45.6. The second-order valence-corrected chi connectivity index (χ2v) is 13.8. The largest absolute Gasteiger partial charge is 0.527 e. The first-order valence-electron chi connectivity index (χ1n) is 16.2. The Morgan fingerprint density at radius 2 is 1.45 bits per heavy atom. The Morgan fingerprint density at radius 3 is 2.16 bits per heavy atom. The van der Waals surface area contributed by atoms with Crippen LogP contribution in [0.5, 0.6) is 23.0 Å². The van der Waals surface area contributed by atoms with Crippen molar-refractivity contribution < 1.29 is 51.8 Å². The number of carbonyl (C=O) groups is 3. The van der Waals surface area contributed by atoms with Gasteiger partial charge in [0.2, 0.25) is 0 Å². The Kier molecular flexibility index (Phi) is 13.8. The summed E-state index contributed by atoms with van der Waals surface area (Å²) >= 11 is 0. The highest BCUT2D eigenvalue weighted by Crippen LogP contribution is 2.45. The van der Waals surface area contributed by atoms with Gasteiger partial charge in [0.1, 0.15) is 47.9 Å². The van der Waals surface area contributed by atoms with E-state index in [0.717, 1.165) is 16.9 Å². The summed E-state index contributed by atoms with van der Waals surface area (Å²) in [5, 5.41) is 2.31. The van der Waals surface area contributed by atoms with E-state index in [1.165, 1.54) is 13.0 Å². The van der Waals surface area contributed by atoms with Gasteiger partial charge in [0.25, 0.3) is 0 Å². The van der Waals surface area contributed by atoms with E-state index in [1.54, 1.807) is 39.0 Å². The number of hydrogen-bond donors (Lipinski definition) is 2. The second kappa shape index (κ2) is 18.2. The Morgan fingerprint density at radius 1 is 0.804 bits per heavy atom. The van der Waals surface area contributed by atoms with Crippen LogP contribution in [-0.2, 0) is 47.8 Å². The number of alkyl carbamates (subject to hydrolysis) is 1. The molecule has 0 fully saturated rings. The van der Waals surface area contributed by atoms with Gasteiger partial charge in [-0.05, 0) is 81.6 Å². The highest BCUT2D eigenvalue weighted by Gasteiger charge is 2.29. The number of ketones is 1. The third-order valence-corrected chi connectivity index (χ3v) is 7.91. The number of aryl methyl sites for hydroxylation is 1. The van der Waals surface area contributed by atoms with E-state index >= 15 is 0 Å². The van der Waals surface area contributed by atoms with Crippen molar-refractivity contribution in [2.75, 3.05) is 6.61 Å². The van der Waals surface area contributed by atoms with Gasteiger partial charge in [0.05, 0.1) is 6.61 Å². The Labute approximate surface area is 297 Å². The van der Waals surface area contributed by atoms with Crippen LogP contribution in [0.2, 0.25) is 0 Å². The van der Waals surface area contributed by atoms with Gasteiger partial charge in [-0.1, -0.05) is 66.7 Å². The maximum atomic E-state index is 12.8. The number of carbonyl (C=O) groups excluding carboxylic acids is 3. The molecule has 0 heterocycles. The summed E-state index contributed by atoms with van der Waals surface area (Å²) in [6, 6.07) is 29.4. The maximum absolute atomic E-state index is 12.8. The van der Waals surface area contributed by atoms with Crippen LogP contribution < -0.4 is 19.3 Å². The van der Waals surface area contributed by atoms with Crippen molar-refractivity contribution in [1.82, 2.24) is 5.32 Å². The molecular formula is C38H42NO11P. The molecule has 0 bridgehead atoms. The SMILES string of the molecule is CC(=O)[C@H](COP(=O)(O)Oc1ccccc1COC(=O)CCc1ccccc1OCc1cccc(Oc2ccccc2)c1)NC(=O)OC(C)(C)C. The van der Waals surface area contributed by atoms with E-state index in [4.69, 9.17) is 28.0 Å². The Balaban J connectivity index is 1.27. The van der Waals surface area contributed by atoms with E-state index in [1.807, 2.05) is 78.9 Å². The number of benzene rings is 4. The number of hydrogen-bond acceptors (Lipinski definition) is 10. The number of ether oxygens (including phenoxy) is 4. The summed E-state index contributed by atoms with van der Waals surface area (Å²) in [6.45, 7) is 5.53. The molecule has 0 aliphatic carbocycles. The normalized spacial score (nSPS) is 12.9. The van der Waals surface area contributed by atoms with Crippen molar-refractivity contribution in [3.63, 3.8) is 0 Å². The monoisotopic (exact) mass is 719 g/mol. The molecule has 2 N–H and O–H groups in total. The van der Waals surface area contributed by atoms with E-state index < -0.39 is 43.9 Å². The van der Waals surface area contributed by atoms with Crippen molar-refractivity contribution >= 4 is 25.7 Å². The van der Waals surface area contributed by atoms with Crippen LogP contribution >= 0.6 is 7.82 Å². The van der Waals surface area contributed by atoms with E-state index in [9.17, 15) is 23.8 Å². The van der Waals surface area contributed by atoms with Gasteiger partial charge >= 0.3 is 19.9 Å². The Bertz CT molecular complexity index is 1820. The zero-order chi connectivity index (χ0) is 36.9. The van der Waals surface area contributed by atoms with E-state index in [-0.39, 0.29) is 18.8 Å². The fourth-order valence-corrected chi connectivity index (χ4v) is 5.36. The molecule has 0 spiro atoms. The van der Waals surface area contributed by atoms with Gasteiger partial charge in [-0.2, -0.15) is 0 Å². The predicted octanol–water partition coefficient (Wildman–Crippen LogP) is 7.71. The van der Waals surface area contributed by atoms with E-state index in [0.29, 0.717) is 30.1 Å². The quantitative estimate of drug-likeness (QED) is 0.0814. The lowest BCUT2D eigenvalue weighted by Gasteiger charge is -2.23. The van der Waals surface area contributed by atoms with Crippen molar-refractivity contribution in [2.24, 2.45) is 0 Å². The topological polar surface area (TPSA) is 156 Å². The molecule has 0 aliphatic rings. The summed E-state index contributed by atoms with van der Waals surface area (Å²) in [5.74, 6) is 0.955. The van der Waals surface area contributed by atoms with Gasteiger partial charge in [-0.25, -0.2) is 9.36 Å². The lowest BCUT2D eigenvalue weighted by Crippen LogP contribution is -2.45. The van der Waals surface area contributed by atoms with Gasteiger partial charge in [-0.15, -0.1) is 0 Å². The molecule has 0 aliphatic heterocycles. The molecule has 270 valence electrons. The van der Waals surface area contributed by atoms with Crippen LogP contribution in [0, 0.1) is 0 Å². The molecule has 0 saturated heterocycles. The first-order valence-corrected chi connectivity index (χ1v) is 17.7. The average molecular weight is 720 g/mol. The molecule has 12 nitrogen and oxygen atoms in total. The van der Waals surface area contributed by atoms with Crippen molar-refractivity contribution in [1.29, 1.82) is 0 Å². The van der Waals surface area contributed by atoms with Crippen LogP contribution in [0.25, 0.3) is 0 Å². The lowest BCUT2D eigenvalue weighted by molar-refractivity contribution is -0.144. The van der Waals surface area contributed by atoms with Crippen LogP contribution in [0.4, 0.5) is 4.79 Å². The second-order valence-electron chi connectivity index (χ2n) is 12.4. The fraction of sp³-hybridized carbons (Fsp3) is 0.289. The average Bonchev–Trinajstić information content (AvgIpc) is 3.08. The van der Waals surface area contributed by atoms with Crippen LogP contribution in [0.3, 0.4) is 0 Å². The summed E-state index contributed by atoms with van der Waals surface area (Å²) in [5.41, 5.74) is 1.22. The number of nitrogens with one attached hydrogen (secondary N) is 1. The minimum Gasteiger partial charge on any atom is -0.489 e. The number of Topliss-reactive ketones (excluding diaryl/α,β-unsaturated/α-hetero) is 1. The smallest absolute Gasteiger partial charge is 0.489 e. The molecule has 0 aromatic heterocycles. The fourth-order valence-electron chi connectivity index (χ4n) is 4.54. The summed E-state index contributed by atoms with van der Waals surface area (Å²) in [6.07, 6.45) is -0.500. The molecule has 13 heteroatoms. The minimum absolute atomic E-state index is 0.0441. The number of para-hydroxylation sites is 3. The molecule has 1 amide bonds. The zero-order valence-corrected chi connectivity index (χ0v) is 29.8. The highest BCUT2D eigenvalue weighted by atomic mass is 31.2. The molecule has 1 unspecified atom stereocenters. The molecule has 4 aromatic rings. The first kappa shape index (κ1) is 38.6. The van der Waals surface area contributed by atoms with Gasteiger partial charge in [0.15, 0.2) is 5.78 Å². The molecule has 51 heavy (non-hydrogen) atoms. The van der Waals surface area contributed by atoms with Crippen LogP contribution in [0.1, 0.15) is 50.8 Å². The van der Waals surface area contributed by atoms with Crippen LogP contribution in [-0.4, -0.2) is 41.0 Å². The standard InChI is InChI=1S/C38H42NO11P/c1-27(40)33(39-37(42)49-38(2,3)4)26-47-51(43,44)50-35-20-11-9-15-30(35)25-46-36(41)22-21-29-14-8-10-19-34(29)45-24-28-13-12-18-32(23-28)48-31-16-6-5-7-17-31/h5-20,23,33H,21-22,24-26H2,1-4H3,(H,39,42)(H,43,44)/t33-/m0/s1. The molecule has 0 saturated carbocycles. The molecule has 4 aromatic carbocycles. The third kappa shape index (κ3) is 13.6. The zero-order valence-electron chi connectivity index (χ0n) is 28.9. The maximum Gasteiger partial charge on any atom is 0.527 e. The third-order valence-electron chi connectivity index (χ3n) is 7.00. The lowest BCUT2D eigenvalue weighted by atomic mass is 10.1. The number of phosphoric ester groups is 1. The van der Waals surface area contributed by atoms with Gasteiger partial charge < -0.3 is 28.8 Å². The molecule has 0 radical (unpaired) electrons. The number of phosphoric acid groups is 1. The number of amides is 1. The highest BCUT2D eigenvalue weighted by molar-refractivity contribution is 7.47.